The molecule has 0 spiro atoms. The molecule has 0 aliphatic carbocycles. The van der Waals surface area contributed by atoms with Gasteiger partial charge in [0.1, 0.15) is 5.75 Å². The number of thioether (sulfide) groups is 1. The third-order valence-corrected chi connectivity index (χ3v) is 5.60. The molecule has 0 bridgehead atoms. The van der Waals surface area contributed by atoms with E-state index in [1.165, 1.54) is 0 Å². The highest BCUT2D eigenvalue weighted by Crippen LogP contribution is 2.41. The minimum absolute atomic E-state index is 0.0907. The zero-order valence-electron chi connectivity index (χ0n) is 17.1. The molecule has 1 fully saturated rings. The summed E-state index contributed by atoms with van der Waals surface area (Å²) in [5.41, 5.74) is 2.46. The van der Waals surface area contributed by atoms with Crippen LogP contribution in [0.15, 0.2) is 17.0 Å². The first-order valence-corrected chi connectivity index (χ1v) is 10.1. The number of phenols is 1. The number of nitrogens with zero attached hydrogens (tertiary/aromatic N) is 1. The molecule has 1 aromatic carbocycles. The van der Waals surface area contributed by atoms with Crippen LogP contribution in [0.5, 0.6) is 5.75 Å². The highest BCUT2D eigenvalue weighted by Gasteiger charge is 2.28. The van der Waals surface area contributed by atoms with Gasteiger partial charge in [-0.05, 0) is 41.6 Å². The quantitative estimate of drug-likeness (QED) is 0.778. The molecule has 1 aliphatic heterocycles. The molecule has 144 valence electrons. The van der Waals surface area contributed by atoms with E-state index in [0.717, 1.165) is 34.7 Å². The van der Waals surface area contributed by atoms with E-state index >= 15 is 0 Å². The number of benzene rings is 1. The molecule has 5 heteroatoms. The van der Waals surface area contributed by atoms with Crippen molar-refractivity contribution in [2.24, 2.45) is 0 Å². The van der Waals surface area contributed by atoms with Gasteiger partial charge in [0.15, 0.2) is 0 Å². The van der Waals surface area contributed by atoms with Crippen LogP contribution < -0.4 is 5.32 Å². The summed E-state index contributed by atoms with van der Waals surface area (Å²) < 4.78 is 0. The smallest absolute Gasteiger partial charge is 0.261 e. The minimum atomic E-state index is -0.176. The van der Waals surface area contributed by atoms with Crippen LogP contribution in [-0.4, -0.2) is 41.9 Å². The Morgan fingerprint density at radius 1 is 1.15 bits per heavy atom. The van der Waals surface area contributed by atoms with Gasteiger partial charge < -0.3 is 15.3 Å². The summed E-state index contributed by atoms with van der Waals surface area (Å²) in [7, 11) is 1.89. The maximum atomic E-state index is 12.6. The van der Waals surface area contributed by atoms with E-state index in [9.17, 15) is 9.90 Å². The summed E-state index contributed by atoms with van der Waals surface area (Å²) in [6, 6.07) is 4.03. The van der Waals surface area contributed by atoms with Gasteiger partial charge in [0.05, 0.1) is 10.8 Å². The Morgan fingerprint density at radius 2 is 1.69 bits per heavy atom. The van der Waals surface area contributed by atoms with E-state index in [2.05, 4.69) is 46.9 Å². The normalized spacial score (nSPS) is 17.4. The Hall–Kier alpha value is -1.46. The fourth-order valence-corrected chi connectivity index (χ4v) is 3.99. The molecule has 0 radical (unpaired) electrons. The Balaban J connectivity index is 2.46. The molecule has 1 saturated heterocycles. The van der Waals surface area contributed by atoms with Gasteiger partial charge in [-0.3, -0.25) is 4.79 Å². The van der Waals surface area contributed by atoms with Gasteiger partial charge in [0.2, 0.25) is 0 Å². The maximum absolute atomic E-state index is 12.6. The fraction of sp³-hybridized carbons (Fsp3) is 0.571. The van der Waals surface area contributed by atoms with Crippen LogP contribution in [-0.2, 0) is 15.6 Å². The van der Waals surface area contributed by atoms with Crippen molar-refractivity contribution >= 4 is 23.7 Å². The van der Waals surface area contributed by atoms with Crippen LogP contribution in [0.1, 0.15) is 58.2 Å². The Bertz CT molecular complexity index is 677. The molecule has 1 heterocycles. The third kappa shape index (κ3) is 4.63. The summed E-state index contributed by atoms with van der Waals surface area (Å²) in [6.07, 6.45) is 1.97. The summed E-state index contributed by atoms with van der Waals surface area (Å²) in [5, 5.41) is 13.9. The third-order valence-electron chi connectivity index (χ3n) is 4.55. The van der Waals surface area contributed by atoms with Gasteiger partial charge in [-0.1, -0.05) is 53.3 Å². The molecular formula is C21H32N2O2S. The van der Waals surface area contributed by atoms with E-state index < -0.39 is 0 Å². The lowest BCUT2D eigenvalue weighted by molar-refractivity contribution is -0.124. The van der Waals surface area contributed by atoms with Crippen molar-refractivity contribution in [1.82, 2.24) is 10.2 Å². The van der Waals surface area contributed by atoms with Crippen molar-refractivity contribution in [2.45, 2.75) is 52.4 Å². The van der Waals surface area contributed by atoms with Gasteiger partial charge in [0, 0.05) is 24.2 Å². The summed E-state index contributed by atoms with van der Waals surface area (Å²) in [4.78, 5) is 15.2. The number of phenolic OH excluding ortho intramolecular Hbond substituents is 1. The number of nitrogens with one attached hydrogen (secondary N) is 1. The molecule has 2 rings (SSSR count). The van der Waals surface area contributed by atoms with Crippen LogP contribution in [0.4, 0.5) is 0 Å². The first-order valence-electron chi connectivity index (χ1n) is 9.11. The highest BCUT2D eigenvalue weighted by molar-refractivity contribution is 8.04. The predicted molar refractivity (Wildman–Crippen MR) is 112 cm³/mol. The van der Waals surface area contributed by atoms with Gasteiger partial charge in [-0.25, -0.2) is 0 Å². The van der Waals surface area contributed by atoms with Crippen molar-refractivity contribution in [3.05, 3.63) is 33.7 Å². The van der Waals surface area contributed by atoms with E-state index in [-0.39, 0.29) is 16.7 Å². The average molecular weight is 377 g/mol. The van der Waals surface area contributed by atoms with Gasteiger partial charge >= 0.3 is 0 Å². The number of rotatable bonds is 4. The largest absolute Gasteiger partial charge is 0.507 e. The standard InChI is InChI=1S/C21H32N2O2S/c1-20(2,3)15-10-14(11-16(18(15)24)21(4,5)6)12-17-19(25)23(13-26-17)9-8-22-7/h10-12,22,24H,8-9,13H2,1-7H3/b17-12-. The van der Waals surface area contributed by atoms with E-state index in [0.29, 0.717) is 11.6 Å². The number of hydrogen-bond acceptors (Lipinski definition) is 4. The van der Waals surface area contributed by atoms with Gasteiger partial charge in [0.25, 0.3) is 5.91 Å². The van der Waals surface area contributed by atoms with Crippen LogP contribution in [0.3, 0.4) is 0 Å². The summed E-state index contributed by atoms with van der Waals surface area (Å²) >= 11 is 1.58. The minimum Gasteiger partial charge on any atom is -0.507 e. The van der Waals surface area contributed by atoms with E-state index in [1.807, 2.05) is 30.2 Å². The first-order chi connectivity index (χ1) is 11.9. The van der Waals surface area contributed by atoms with Gasteiger partial charge in [-0.15, -0.1) is 0 Å². The number of carbonyl (C=O) groups is 1. The molecule has 4 nitrogen and oxygen atoms in total. The maximum Gasteiger partial charge on any atom is 0.261 e. The number of amides is 1. The number of likely N-dealkylation sites (N-methyl/N-ethyl adjacent to an activating group) is 1. The van der Waals surface area contributed by atoms with Crippen molar-refractivity contribution in [1.29, 1.82) is 0 Å². The molecule has 0 aromatic heterocycles. The predicted octanol–water partition coefficient (Wildman–Crippen LogP) is 4.08. The van der Waals surface area contributed by atoms with Crippen LogP contribution in [0.25, 0.3) is 6.08 Å². The Kier molecular flexibility index (Phi) is 6.13. The topological polar surface area (TPSA) is 52.6 Å². The van der Waals surface area contributed by atoms with E-state index in [1.54, 1.807) is 11.8 Å². The second-order valence-corrected chi connectivity index (χ2v) is 9.91. The zero-order valence-corrected chi connectivity index (χ0v) is 17.9. The van der Waals surface area contributed by atoms with E-state index in [4.69, 9.17) is 0 Å². The molecule has 0 atom stereocenters. The lowest BCUT2D eigenvalue weighted by atomic mass is 9.78. The molecule has 0 unspecified atom stereocenters. The number of carbonyl (C=O) groups excluding carboxylic acids is 1. The second-order valence-electron chi connectivity index (χ2n) is 8.92. The molecule has 0 saturated carbocycles. The summed E-state index contributed by atoms with van der Waals surface area (Å²) in [6.45, 7) is 14.1. The van der Waals surface area contributed by atoms with Crippen molar-refractivity contribution in [3.63, 3.8) is 0 Å². The molecule has 1 aliphatic rings. The highest BCUT2D eigenvalue weighted by atomic mass is 32.2. The lowest BCUT2D eigenvalue weighted by Crippen LogP contribution is -2.31. The van der Waals surface area contributed by atoms with Crippen molar-refractivity contribution in [2.75, 3.05) is 26.0 Å². The van der Waals surface area contributed by atoms with Gasteiger partial charge in [-0.2, -0.15) is 0 Å². The monoisotopic (exact) mass is 376 g/mol. The fourth-order valence-electron chi connectivity index (χ4n) is 2.97. The van der Waals surface area contributed by atoms with Crippen LogP contribution >= 0.6 is 11.8 Å². The molecular weight excluding hydrogens is 344 g/mol. The molecule has 26 heavy (non-hydrogen) atoms. The first kappa shape index (κ1) is 20.8. The number of aromatic hydroxyl groups is 1. The second kappa shape index (κ2) is 7.65. The SMILES string of the molecule is CNCCN1CS/C(=C\c2cc(C(C)(C)C)c(O)c(C(C)(C)C)c2)C1=O. The molecule has 1 aromatic rings. The average Bonchev–Trinajstić information content (AvgIpc) is 2.85. The zero-order chi connectivity index (χ0) is 19.7. The number of hydrogen-bond donors (Lipinski definition) is 2. The summed E-state index contributed by atoms with van der Waals surface area (Å²) in [5.74, 6) is 1.16. The Morgan fingerprint density at radius 3 is 2.15 bits per heavy atom. The van der Waals surface area contributed by atoms with Crippen LogP contribution in [0, 0.1) is 0 Å². The van der Waals surface area contributed by atoms with Crippen molar-refractivity contribution < 1.29 is 9.90 Å². The molecule has 1 amide bonds. The van der Waals surface area contributed by atoms with Crippen LogP contribution in [0.2, 0.25) is 0 Å². The molecule has 2 N–H and O–H groups in total. The van der Waals surface area contributed by atoms with Crippen molar-refractivity contribution in [3.8, 4) is 5.75 Å². The lowest BCUT2D eigenvalue weighted by Gasteiger charge is -2.28. The Labute approximate surface area is 162 Å².